The predicted octanol–water partition coefficient (Wildman–Crippen LogP) is 1.00. The maximum Gasteiger partial charge on any atom is 0.240 e. The monoisotopic (exact) mass is 320 g/mol. The molecule has 0 aliphatic rings. The number of halogens is 1. The summed E-state index contributed by atoms with van der Waals surface area (Å²) in [5.41, 5.74) is 5.29. The molecule has 0 spiro atoms. The molecule has 15 heavy (non-hydrogen) atoms. The van der Waals surface area contributed by atoms with E-state index in [1.165, 1.54) is 6.33 Å². The molecule has 0 aliphatic carbocycles. The van der Waals surface area contributed by atoms with Crippen molar-refractivity contribution in [2.24, 2.45) is 11.7 Å². The summed E-state index contributed by atoms with van der Waals surface area (Å²) in [5.74, 6) is 0.385. The molecule has 1 aromatic heterocycles. The van der Waals surface area contributed by atoms with Crippen LogP contribution in [0.1, 0.15) is 13.8 Å². The summed E-state index contributed by atoms with van der Waals surface area (Å²) in [7, 11) is 0. The SMILES string of the molecule is CC(C)C(Nc1ncncc1I)C(N)=O. The van der Waals surface area contributed by atoms with E-state index >= 15 is 0 Å². The summed E-state index contributed by atoms with van der Waals surface area (Å²) >= 11 is 2.10. The first-order valence-corrected chi connectivity index (χ1v) is 5.61. The van der Waals surface area contributed by atoms with Gasteiger partial charge >= 0.3 is 0 Å². The molecule has 1 amide bonds. The van der Waals surface area contributed by atoms with E-state index in [9.17, 15) is 4.79 Å². The predicted molar refractivity (Wildman–Crippen MR) is 66.2 cm³/mol. The number of primary amides is 1. The van der Waals surface area contributed by atoms with Crippen LogP contribution in [-0.2, 0) is 4.79 Å². The number of amides is 1. The molecule has 0 aromatic carbocycles. The minimum absolute atomic E-state index is 0.119. The number of carbonyl (C=O) groups excluding carboxylic acids is 1. The van der Waals surface area contributed by atoms with Crippen molar-refractivity contribution in [2.45, 2.75) is 19.9 Å². The van der Waals surface area contributed by atoms with Crippen LogP contribution in [0.2, 0.25) is 0 Å². The summed E-state index contributed by atoms with van der Waals surface area (Å²) < 4.78 is 0.863. The van der Waals surface area contributed by atoms with Gasteiger partial charge in [0.25, 0.3) is 0 Å². The van der Waals surface area contributed by atoms with Gasteiger partial charge in [-0.15, -0.1) is 0 Å². The average Bonchev–Trinajstić information content (AvgIpc) is 2.15. The fourth-order valence-electron chi connectivity index (χ4n) is 1.13. The summed E-state index contributed by atoms with van der Waals surface area (Å²) in [6.45, 7) is 3.85. The van der Waals surface area contributed by atoms with Crippen LogP contribution in [0.25, 0.3) is 0 Å². The van der Waals surface area contributed by atoms with Gasteiger partial charge in [0.1, 0.15) is 18.2 Å². The minimum atomic E-state index is -0.409. The molecule has 1 unspecified atom stereocenters. The van der Waals surface area contributed by atoms with Crippen molar-refractivity contribution in [1.29, 1.82) is 0 Å². The van der Waals surface area contributed by atoms with E-state index in [2.05, 4.69) is 37.9 Å². The Morgan fingerprint density at radius 2 is 2.27 bits per heavy atom. The third-order valence-electron chi connectivity index (χ3n) is 1.93. The lowest BCUT2D eigenvalue weighted by atomic mass is 10.0. The molecule has 6 heteroatoms. The largest absolute Gasteiger partial charge is 0.368 e. The molecule has 0 saturated carbocycles. The minimum Gasteiger partial charge on any atom is -0.368 e. The number of anilines is 1. The van der Waals surface area contributed by atoms with E-state index in [4.69, 9.17) is 5.73 Å². The van der Waals surface area contributed by atoms with Crippen LogP contribution in [-0.4, -0.2) is 21.9 Å². The third-order valence-corrected chi connectivity index (χ3v) is 2.72. The quantitative estimate of drug-likeness (QED) is 0.811. The van der Waals surface area contributed by atoms with Gasteiger partial charge in [0.05, 0.1) is 3.57 Å². The Balaban J connectivity index is 2.84. The van der Waals surface area contributed by atoms with Gasteiger partial charge in [0.2, 0.25) is 5.91 Å². The molecule has 0 aliphatic heterocycles. The smallest absolute Gasteiger partial charge is 0.240 e. The van der Waals surface area contributed by atoms with Gasteiger partial charge < -0.3 is 11.1 Å². The van der Waals surface area contributed by atoms with E-state index in [1.54, 1.807) is 6.20 Å². The number of hydrogen-bond acceptors (Lipinski definition) is 4. The summed E-state index contributed by atoms with van der Waals surface area (Å²) in [6, 6.07) is -0.409. The molecule has 5 nitrogen and oxygen atoms in total. The van der Waals surface area contributed by atoms with Crippen molar-refractivity contribution in [3.05, 3.63) is 16.1 Å². The van der Waals surface area contributed by atoms with Crippen molar-refractivity contribution in [2.75, 3.05) is 5.32 Å². The van der Waals surface area contributed by atoms with Gasteiger partial charge in [0, 0.05) is 6.20 Å². The molecule has 1 atom stereocenters. The second-order valence-corrected chi connectivity index (χ2v) is 4.65. The lowest BCUT2D eigenvalue weighted by molar-refractivity contribution is -0.119. The first kappa shape index (κ1) is 12.2. The van der Waals surface area contributed by atoms with E-state index in [-0.39, 0.29) is 11.8 Å². The molecule has 3 N–H and O–H groups in total. The molecule has 82 valence electrons. The van der Waals surface area contributed by atoms with Gasteiger partial charge in [-0.2, -0.15) is 0 Å². The first-order valence-electron chi connectivity index (χ1n) is 4.53. The molecule has 0 fully saturated rings. The normalized spacial score (nSPS) is 12.5. The molecular weight excluding hydrogens is 307 g/mol. The fraction of sp³-hybridized carbons (Fsp3) is 0.444. The molecule has 1 aromatic rings. The highest BCUT2D eigenvalue weighted by Gasteiger charge is 2.20. The lowest BCUT2D eigenvalue weighted by Crippen LogP contribution is -2.40. The standard InChI is InChI=1S/C9H13IN4O/c1-5(2)7(8(11)15)14-9-6(10)3-12-4-13-9/h3-5,7H,1-2H3,(H2,11,15)(H,12,13,14). The number of carbonyl (C=O) groups is 1. The number of nitrogens with zero attached hydrogens (tertiary/aromatic N) is 2. The highest BCUT2D eigenvalue weighted by Crippen LogP contribution is 2.15. The van der Waals surface area contributed by atoms with Crippen LogP contribution in [0, 0.1) is 9.49 Å². The maximum atomic E-state index is 11.2. The first-order chi connectivity index (χ1) is 7.02. The summed E-state index contributed by atoms with van der Waals surface area (Å²) in [5, 5.41) is 3.01. The van der Waals surface area contributed by atoms with E-state index < -0.39 is 6.04 Å². The van der Waals surface area contributed by atoms with E-state index in [0.29, 0.717) is 5.82 Å². The Labute approximate surface area is 102 Å². The molecule has 0 bridgehead atoms. The number of nitrogens with one attached hydrogen (secondary N) is 1. The zero-order valence-electron chi connectivity index (χ0n) is 8.57. The number of aromatic nitrogens is 2. The van der Waals surface area contributed by atoms with Gasteiger partial charge in [-0.05, 0) is 28.5 Å². The van der Waals surface area contributed by atoms with Crippen LogP contribution < -0.4 is 11.1 Å². The fourth-order valence-corrected chi connectivity index (χ4v) is 1.59. The Hall–Kier alpha value is -0.920. The van der Waals surface area contributed by atoms with Crippen LogP contribution in [0.5, 0.6) is 0 Å². The molecular formula is C9H13IN4O. The summed E-state index contributed by atoms with van der Waals surface area (Å²) in [4.78, 5) is 19.1. The van der Waals surface area contributed by atoms with E-state index in [1.807, 2.05) is 13.8 Å². The molecule has 1 rings (SSSR count). The number of nitrogens with two attached hydrogens (primary N) is 1. The molecule has 0 saturated heterocycles. The van der Waals surface area contributed by atoms with Crippen molar-refractivity contribution in [3.8, 4) is 0 Å². The highest BCUT2D eigenvalue weighted by molar-refractivity contribution is 14.1. The lowest BCUT2D eigenvalue weighted by Gasteiger charge is -2.19. The van der Waals surface area contributed by atoms with Gasteiger partial charge in [0.15, 0.2) is 0 Å². The van der Waals surface area contributed by atoms with Crippen molar-refractivity contribution >= 4 is 34.3 Å². The van der Waals surface area contributed by atoms with Crippen molar-refractivity contribution in [1.82, 2.24) is 9.97 Å². The number of hydrogen-bond donors (Lipinski definition) is 2. The Morgan fingerprint density at radius 3 is 2.73 bits per heavy atom. The Bertz CT molecular complexity index is 356. The molecule has 1 heterocycles. The van der Waals surface area contributed by atoms with Gasteiger partial charge in [-0.3, -0.25) is 4.79 Å². The summed E-state index contributed by atoms with van der Waals surface area (Å²) in [6.07, 6.45) is 3.11. The van der Waals surface area contributed by atoms with Crippen LogP contribution >= 0.6 is 22.6 Å². The Morgan fingerprint density at radius 1 is 1.60 bits per heavy atom. The van der Waals surface area contributed by atoms with E-state index in [0.717, 1.165) is 3.57 Å². The topological polar surface area (TPSA) is 80.9 Å². The second-order valence-electron chi connectivity index (χ2n) is 3.49. The van der Waals surface area contributed by atoms with Gasteiger partial charge in [-0.25, -0.2) is 9.97 Å². The van der Waals surface area contributed by atoms with Crippen molar-refractivity contribution in [3.63, 3.8) is 0 Å². The number of rotatable bonds is 4. The molecule has 0 radical (unpaired) electrons. The average molecular weight is 320 g/mol. The van der Waals surface area contributed by atoms with Crippen LogP contribution in [0.15, 0.2) is 12.5 Å². The Kier molecular flexibility index (Phi) is 4.25. The van der Waals surface area contributed by atoms with Crippen molar-refractivity contribution < 1.29 is 4.79 Å². The second kappa shape index (κ2) is 5.24. The highest BCUT2D eigenvalue weighted by atomic mass is 127. The van der Waals surface area contributed by atoms with Crippen LogP contribution in [0.4, 0.5) is 5.82 Å². The maximum absolute atomic E-state index is 11.2. The third kappa shape index (κ3) is 3.29. The van der Waals surface area contributed by atoms with Gasteiger partial charge in [-0.1, -0.05) is 13.8 Å². The zero-order chi connectivity index (χ0) is 11.4. The van der Waals surface area contributed by atoms with Crippen LogP contribution in [0.3, 0.4) is 0 Å². The zero-order valence-corrected chi connectivity index (χ0v) is 10.7.